The van der Waals surface area contributed by atoms with Gasteiger partial charge in [0.05, 0.1) is 6.61 Å². The third-order valence-electron chi connectivity index (χ3n) is 3.73. The Morgan fingerprint density at radius 1 is 1.10 bits per heavy atom. The Hall–Kier alpha value is -1.68. The maximum Gasteiger partial charge on any atom is 0.226 e. The molecule has 106 valence electrons. The zero-order chi connectivity index (χ0) is 13.6. The van der Waals surface area contributed by atoms with Gasteiger partial charge in [-0.15, -0.1) is 0 Å². The molecule has 1 aliphatic rings. The van der Waals surface area contributed by atoms with Crippen LogP contribution in [0.4, 0.5) is 0 Å². The van der Waals surface area contributed by atoms with Crippen LogP contribution in [0.5, 0.6) is 0 Å². The van der Waals surface area contributed by atoms with Crippen LogP contribution in [0.3, 0.4) is 0 Å². The molecular weight excluding hydrogens is 252 g/mol. The molecule has 3 rings (SSSR count). The average molecular weight is 272 g/mol. The van der Waals surface area contributed by atoms with Crippen LogP contribution in [-0.4, -0.2) is 23.4 Å². The summed E-state index contributed by atoms with van der Waals surface area (Å²) in [4.78, 5) is 4.48. The minimum atomic E-state index is 0.330. The third kappa shape index (κ3) is 3.45. The number of ether oxygens (including phenoxy) is 1. The highest BCUT2D eigenvalue weighted by atomic mass is 16.5. The fourth-order valence-electron chi connectivity index (χ4n) is 2.52. The molecule has 0 saturated carbocycles. The number of aromatic nitrogens is 2. The van der Waals surface area contributed by atoms with Gasteiger partial charge in [-0.3, -0.25) is 0 Å². The van der Waals surface area contributed by atoms with Gasteiger partial charge in [-0.25, -0.2) is 0 Å². The second-order valence-electron chi connectivity index (χ2n) is 5.30. The second kappa shape index (κ2) is 6.66. The standard InChI is InChI=1S/C16H20N2O2/c1-2-6-13(7-3-1)8-4-5-9-15-17-16(18-20-15)14-10-11-19-12-14/h1-3,6-7,14H,4-5,8-12H2. The Morgan fingerprint density at radius 3 is 2.75 bits per heavy atom. The van der Waals surface area contributed by atoms with E-state index >= 15 is 0 Å². The van der Waals surface area contributed by atoms with Gasteiger partial charge in [-0.1, -0.05) is 35.5 Å². The molecule has 1 unspecified atom stereocenters. The minimum Gasteiger partial charge on any atom is -0.381 e. The van der Waals surface area contributed by atoms with E-state index in [1.165, 1.54) is 5.56 Å². The number of nitrogens with zero attached hydrogens (tertiary/aromatic N) is 2. The molecule has 0 aliphatic carbocycles. The largest absolute Gasteiger partial charge is 0.381 e. The van der Waals surface area contributed by atoms with Crippen LogP contribution in [-0.2, 0) is 17.6 Å². The van der Waals surface area contributed by atoms with Crippen molar-refractivity contribution in [2.24, 2.45) is 0 Å². The first kappa shape index (κ1) is 13.3. The molecule has 1 saturated heterocycles. The molecule has 0 bridgehead atoms. The summed E-state index contributed by atoms with van der Waals surface area (Å²) in [6.07, 6.45) is 5.21. The topological polar surface area (TPSA) is 48.2 Å². The number of unbranched alkanes of at least 4 members (excludes halogenated alkanes) is 1. The number of benzene rings is 1. The molecule has 4 heteroatoms. The quantitative estimate of drug-likeness (QED) is 0.758. The zero-order valence-electron chi connectivity index (χ0n) is 11.6. The van der Waals surface area contributed by atoms with Gasteiger partial charge < -0.3 is 9.26 Å². The van der Waals surface area contributed by atoms with Gasteiger partial charge in [-0.05, 0) is 31.2 Å². The SMILES string of the molecule is c1ccc(CCCCc2nc(C3CCOC3)no2)cc1. The van der Waals surface area contributed by atoms with Crippen molar-refractivity contribution >= 4 is 0 Å². The monoisotopic (exact) mass is 272 g/mol. The lowest BCUT2D eigenvalue weighted by molar-refractivity contribution is 0.192. The van der Waals surface area contributed by atoms with Crippen molar-refractivity contribution in [3.8, 4) is 0 Å². The van der Waals surface area contributed by atoms with Crippen LogP contribution in [0.1, 0.15) is 42.5 Å². The molecule has 1 aromatic heterocycles. The summed E-state index contributed by atoms with van der Waals surface area (Å²) < 4.78 is 10.7. The van der Waals surface area contributed by atoms with E-state index in [-0.39, 0.29) is 0 Å². The van der Waals surface area contributed by atoms with Crippen molar-refractivity contribution in [3.05, 3.63) is 47.6 Å². The van der Waals surface area contributed by atoms with E-state index in [2.05, 4.69) is 40.5 Å². The highest BCUT2D eigenvalue weighted by molar-refractivity contribution is 5.14. The van der Waals surface area contributed by atoms with E-state index in [9.17, 15) is 0 Å². The summed E-state index contributed by atoms with van der Waals surface area (Å²) in [5, 5.41) is 4.07. The zero-order valence-corrected chi connectivity index (χ0v) is 11.6. The number of hydrogen-bond donors (Lipinski definition) is 0. The Kier molecular flexibility index (Phi) is 4.43. The van der Waals surface area contributed by atoms with E-state index < -0.39 is 0 Å². The fourth-order valence-corrected chi connectivity index (χ4v) is 2.52. The normalized spacial score (nSPS) is 18.5. The van der Waals surface area contributed by atoms with Crippen molar-refractivity contribution in [2.45, 2.75) is 38.0 Å². The maximum absolute atomic E-state index is 5.35. The predicted molar refractivity (Wildman–Crippen MR) is 75.6 cm³/mol. The van der Waals surface area contributed by atoms with Crippen LogP contribution in [0.2, 0.25) is 0 Å². The van der Waals surface area contributed by atoms with E-state index in [4.69, 9.17) is 9.26 Å². The summed E-state index contributed by atoms with van der Waals surface area (Å²) in [6, 6.07) is 10.6. The number of rotatable bonds is 6. The Morgan fingerprint density at radius 2 is 1.95 bits per heavy atom. The van der Waals surface area contributed by atoms with Crippen LogP contribution < -0.4 is 0 Å². The Balaban J connectivity index is 1.42. The maximum atomic E-state index is 5.35. The molecule has 2 heterocycles. The molecule has 20 heavy (non-hydrogen) atoms. The van der Waals surface area contributed by atoms with Gasteiger partial charge >= 0.3 is 0 Å². The van der Waals surface area contributed by atoms with Crippen molar-refractivity contribution in [2.75, 3.05) is 13.2 Å². The van der Waals surface area contributed by atoms with Crippen molar-refractivity contribution in [3.63, 3.8) is 0 Å². The second-order valence-corrected chi connectivity index (χ2v) is 5.30. The summed E-state index contributed by atoms with van der Waals surface area (Å²) in [7, 11) is 0. The highest BCUT2D eigenvalue weighted by Crippen LogP contribution is 2.22. The van der Waals surface area contributed by atoms with Gasteiger partial charge in [0, 0.05) is 18.9 Å². The Bertz CT molecular complexity index is 518. The van der Waals surface area contributed by atoms with E-state index in [1.807, 2.05) is 0 Å². The van der Waals surface area contributed by atoms with Crippen LogP contribution in [0.15, 0.2) is 34.9 Å². The van der Waals surface area contributed by atoms with Gasteiger partial charge in [0.1, 0.15) is 0 Å². The number of hydrogen-bond acceptors (Lipinski definition) is 4. The highest BCUT2D eigenvalue weighted by Gasteiger charge is 2.22. The molecule has 0 spiro atoms. The molecule has 0 radical (unpaired) electrons. The molecule has 2 aromatic rings. The third-order valence-corrected chi connectivity index (χ3v) is 3.73. The van der Waals surface area contributed by atoms with E-state index in [0.29, 0.717) is 5.92 Å². The van der Waals surface area contributed by atoms with E-state index in [1.54, 1.807) is 0 Å². The average Bonchev–Trinajstić information content (AvgIpc) is 3.15. The molecule has 4 nitrogen and oxygen atoms in total. The molecule has 1 aromatic carbocycles. The van der Waals surface area contributed by atoms with Gasteiger partial charge in [0.15, 0.2) is 5.82 Å². The smallest absolute Gasteiger partial charge is 0.226 e. The summed E-state index contributed by atoms with van der Waals surface area (Å²) in [5.41, 5.74) is 1.39. The summed E-state index contributed by atoms with van der Waals surface area (Å²) >= 11 is 0. The van der Waals surface area contributed by atoms with Crippen molar-refractivity contribution in [1.82, 2.24) is 10.1 Å². The van der Waals surface area contributed by atoms with Gasteiger partial charge in [-0.2, -0.15) is 4.98 Å². The molecule has 1 atom stereocenters. The predicted octanol–water partition coefficient (Wildman–Crippen LogP) is 3.14. The Labute approximate surface area is 119 Å². The first-order chi connectivity index (χ1) is 9.92. The lowest BCUT2D eigenvalue weighted by Gasteiger charge is -1.99. The van der Waals surface area contributed by atoms with Crippen LogP contribution in [0.25, 0.3) is 0 Å². The van der Waals surface area contributed by atoms with Crippen molar-refractivity contribution < 1.29 is 9.26 Å². The first-order valence-electron chi connectivity index (χ1n) is 7.36. The lowest BCUT2D eigenvalue weighted by Crippen LogP contribution is -2.00. The first-order valence-corrected chi connectivity index (χ1v) is 7.36. The van der Waals surface area contributed by atoms with Crippen LogP contribution in [0, 0.1) is 0 Å². The van der Waals surface area contributed by atoms with E-state index in [0.717, 1.165) is 57.0 Å². The molecule has 0 amide bonds. The van der Waals surface area contributed by atoms with Crippen LogP contribution >= 0.6 is 0 Å². The number of aryl methyl sites for hydroxylation is 2. The van der Waals surface area contributed by atoms with Gasteiger partial charge in [0.25, 0.3) is 0 Å². The molecule has 0 N–H and O–H groups in total. The van der Waals surface area contributed by atoms with Gasteiger partial charge in [0.2, 0.25) is 5.89 Å². The molecular formula is C16H20N2O2. The lowest BCUT2D eigenvalue weighted by atomic mass is 10.1. The molecule has 1 aliphatic heterocycles. The molecule has 1 fully saturated rings. The summed E-state index contributed by atoms with van der Waals surface area (Å²) in [5.74, 6) is 1.91. The van der Waals surface area contributed by atoms with Crippen molar-refractivity contribution in [1.29, 1.82) is 0 Å². The fraction of sp³-hybridized carbons (Fsp3) is 0.500. The summed E-state index contributed by atoms with van der Waals surface area (Å²) in [6.45, 7) is 1.54. The minimum absolute atomic E-state index is 0.330.